The van der Waals surface area contributed by atoms with Gasteiger partial charge in [0.05, 0.1) is 0 Å². The van der Waals surface area contributed by atoms with Crippen molar-refractivity contribution in [1.29, 1.82) is 0 Å². The maximum absolute atomic E-state index is 3.38. The molecule has 0 aliphatic rings. The Kier molecular flexibility index (Phi) is 10.1. The van der Waals surface area contributed by atoms with Gasteiger partial charge in [-0.3, -0.25) is 0 Å². The minimum atomic E-state index is 0. The van der Waals surface area contributed by atoms with E-state index in [0.29, 0.717) is 0 Å². The Morgan fingerprint density at radius 2 is 2.29 bits per heavy atom. The van der Waals surface area contributed by atoms with Gasteiger partial charge >= 0.3 is 51.4 Å². The van der Waals surface area contributed by atoms with E-state index in [0.717, 1.165) is 0 Å². The van der Waals surface area contributed by atoms with Crippen LogP contribution in [0.2, 0.25) is 0 Å². The summed E-state index contributed by atoms with van der Waals surface area (Å²) < 4.78 is 0. The van der Waals surface area contributed by atoms with Crippen molar-refractivity contribution in [1.82, 2.24) is 26.8 Å². The van der Waals surface area contributed by atoms with Gasteiger partial charge in [0.2, 0.25) is 0 Å². The van der Waals surface area contributed by atoms with Gasteiger partial charge in [0.25, 0.3) is 0 Å². The van der Waals surface area contributed by atoms with Crippen LogP contribution in [0.3, 0.4) is 0 Å². The van der Waals surface area contributed by atoms with Crippen LogP contribution in [0.1, 0.15) is 1.43 Å². The number of tetrazole rings is 1. The van der Waals surface area contributed by atoms with E-state index >= 15 is 0 Å². The number of hydrogen-bond donors (Lipinski definition) is 2. The zero-order chi connectivity index (χ0) is 3.54. The van der Waals surface area contributed by atoms with Gasteiger partial charge in [0, 0.05) is 0 Å². The average Bonchev–Trinajstić information content (AvgIpc) is 1.76. The Morgan fingerprint density at radius 1 is 1.57 bits per heavy atom. The molecule has 0 atom stereocenters. The van der Waals surface area contributed by atoms with E-state index < -0.39 is 0 Å². The SMILES string of the molecule is N.[H-].[K+].c1nn[nH]n1. The molecule has 0 bridgehead atoms. The first-order valence-electron chi connectivity index (χ1n) is 1.16. The summed E-state index contributed by atoms with van der Waals surface area (Å²) in [5.41, 5.74) is 0. The van der Waals surface area contributed by atoms with Gasteiger partial charge in [-0.15, -0.1) is 10.2 Å². The predicted octanol–water partition coefficient (Wildman–Crippen LogP) is -3.52. The fourth-order valence-electron chi connectivity index (χ4n) is 0.129. The van der Waals surface area contributed by atoms with E-state index in [-0.39, 0.29) is 59.0 Å². The van der Waals surface area contributed by atoms with Gasteiger partial charge in [-0.1, -0.05) is 5.21 Å². The van der Waals surface area contributed by atoms with Crippen molar-refractivity contribution in [2.75, 3.05) is 0 Å². The van der Waals surface area contributed by atoms with Crippen LogP contribution >= 0.6 is 0 Å². The Hall–Kier alpha value is 0.666. The summed E-state index contributed by atoms with van der Waals surface area (Å²) in [5, 5.41) is 12.2. The molecule has 1 aromatic heterocycles. The second-order valence-corrected chi connectivity index (χ2v) is 0.560. The number of nitrogens with one attached hydrogen (secondary N) is 1. The molecule has 6 heteroatoms. The fraction of sp³-hybridized carbons (Fsp3) is 0. The number of H-pyrrole nitrogens is 1. The molecular weight excluding hydrogens is 121 g/mol. The zero-order valence-electron chi connectivity index (χ0n) is 5.13. The Morgan fingerprint density at radius 3 is 2.43 bits per heavy atom. The van der Waals surface area contributed by atoms with Crippen molar-refractivity contribution in [2.24, 2.45) is 0 Å². The minimum Gasteiger partial charge on any atom is -1.00 e. The Balaban J connectivity index is -0.0000000833. The molecule has 0 aliphatic heterocycles. The van der Waals surface area contributed by atoms with E-state index in [4.69, 9.17) is 0 Å². The molecule has 0 spiro atoms. The van der Waals surface area contributed by atoms with E-state index in [1.165, 1.54) is 6.33 Å². The molecule has 0 fully saturated rings. The van der Waals surface area contributed by atoms with Crippen LogP contribution in [-0.4, -0.2) is 20.6 Å². The van der Waals surface area contributed by atoms with Crippen molar-refractivity contribution in [3.63, 3.8) is 0 Å². The monoisotopic (exact) mass is 127 g/mol. The molecule has 4 N–H and O–H groups in total. The summed E-state index contributed by atoms with van der Waals surface area (Å²) in [6.07, 6.45) is 1.33. The first kappa shape index (κ1) is 10.6. The van der Waals surface area contributed by atoms with Gasteiger partial charge < -0.3 is 7.58 Å². The molecule has 0 aliphatic carbocycles. The molecule has 1 aromatic rings. The topological polar surface area (TPSA) is 89.5 Å². The van der Waals surface area contributed by atoms with Crippen molar-refractivity contribution in [3.05, 3.63) is 6.33 Å². The summed E-state index contributed by atoms with van der Waals surface area (Å²) in [6, 6.07) is 0. The van der Waals surface area contributed by atoms with E-state index in [1.807, 2.05) is 0 Å². The van der Waals surface area contributed by atoms with Crippen LogP contribution in [0.15, 0.2) is 6.33 Å². The summed E-state index contributed by atoms with van der Waals surface area (Å²) in [4.78, 5) is 0. The fourth-order valence-corrected chi connectivity index (χ4v) is 0.129. The van der Waals surface area contributed by atoms with Crippen molar-refractivity contribution in [3.8, 4) is 0 Å². The largest absolute Gasteiger partial charge is 1.00 e. The molecule has 0 amide bonds. The molecule has 1 rings (SSSR count). The Labute approximate surface area is 84.7 Å². The van der Waals surface area contributed by atoms with Gasteiger partial charge in [-0.2, -0.15) is 5.21 Å². The molecule has 0 saturated heterocycles. The molecule has 36 valence electrons. The second kappa shape index (κ2) is 6.67. The van der Waals surface area contributed by atoms with Gasteiger partial charge in [0.1, 0.15) is 0 Å². The van der Waals surface area contributed by atoms with Crippen LogP contribution in [0.25, 0.3) is 0 Å². The van der Waals surface area contributed by atoms with Crippen molar-refractivity contribution < 1.29 is 52.8 Å². The standard InChI is InChI=1S/CH2N4.K.H3N.H/c1-2-4-5-3-1;;;/h1H,(H,2,3,4,5);;1H3;/q;+1;;-1. The minimum absolute atomic E-state index is 0. The van der Waals surface area contributed by atoms with Crippen LogP contribution in [0.5, 0.6) is 0 Å². The summed E-state index contributed by atoms with van der Waals surface area (Å²) in [7, 11) is 0. The number of nitrogens with zero attached hydrogens (tertiary/aromatic N) is 3. The third kappa shape index (κ3) is 4.52. The van der Waals surface area contributed by atoms with Gasteiger partial charge in [0.15, 0.2) is 6.33 Å². The van der Waals surface area contributed by atoms with Gasteiger partial charge in [-0.25, -0.2) is 0 Å². The molecule has 1 heterocycles. The summed E-state index contributed by atoms with van der Waals surface area (Å²) in [6.45, 7) is 0. The van der Waals surface area contributed by atoms with Gasteiger partial charge in [-0.05, 0) is 0 Å². The number of aromatic nitrogens is 4. The number of rotatable bonds is 0. The maximum atomic E-state index is 3.38. The summed E-state index contributed by atoms with van der Waals surface area (Å²) in [5.74, 6) is 0. The van der Waals surface area contributed by atoms with Crippen LogP contribution in [0, 0.1) is 0 Å². The normalized spacial score (nSPS) is 5.71. The maximum Gasteiger partial charge on any atom is 1.00 e. The molecule has 0 aromatic carbocycles. The van der Waals surface area contributed by atoms with Crippen LogP contribution in [-0.2, 0) is 0 Å². The first-order chi connectivity index (χ1) is 2.50. The molecule has 0 radical (unpaired) electrons. The molecular formula is CH6KN5. The number of hydrogen-bond acceptors (Lipinski definition) is 4. The molecule has 7 heavy (non-hydrogen) atoms. The molecule has 5 nitrogen and oxygen atoms in total. The second-order valence-electron chi connectivity index (χ2n) is 0.560. The van der Waals surface area contributed by atoms with Crippen molar-refractivity contribution >= 4 is 0 Å². The molecule has 0 saturated carbocycles. The van der Waals surface area contributed by atoms with E-state index in [2.05, 4.69) is 20.6 Å². The quantitative estimate of drug-likeness (QED) is 0.353. The number of aromatic amines is 1. The van der Waals surface area contributed by atoms with E-state index in [1.54, 1.807) is 0 Å². The predicted molar refractivity (Wildman–Crippen MR) is 20.3 cm³/mol. The Bertz CT molecular complexity index is 68.9. The van der Waals surface area contributed by atoms with E-state index in [9.17, 15) is 0 Å². The zero-order valence-corrected chi connectivity index (χ0v) is 7.25. The van der Waals surface area contributed by atoms with Crippen LogP contribution in [0.4, 0.5) is 0 Å². The summed E-state index contributed by atoms with van der Waals surface area (Å²) >= 11 is 0. The average molecular weight is 127 g/mol. The molecule has 0 unspecified atom stereocenters. The third-order valence-electron chi connectivity index (χ3n) is 0.270. The van der Waals surface area contributed by atoms with Crippen molar-refractivity contribution in [2.45, 2.75) is 0 Å². The first-order valence-corrected chi connectivity index (χ1v) is 1.16. The smallest absolute Gasteiger partial charge is 1.00 e. The van der Waals surface area contributed by atoms with Crippen LogP contribution < -0.4 is 57.5 Å². The third-order valence-corrected chi connectivity index (χ3v) is 0.270.